The van der Waals surface area contributed by atoms with Gasteiger partial charge in [-0.25, -0.2) is 8.42 Å². The Balaban J connectivity index is 1.88. The number of benzene rings is 2. The van der Waals surface area contributed by atoms with Crippen molar-refractivity contribution in [3.05, 3.63) is 53.6 Å². The molecule has 168 valence electrons. The molecule has 2 N–H and O–H groups in total. The predicted molar refractivity (Wildman–Crippen MR) is 119 cm³/mol. The summed E-state index contributed by atoms with van der Waals surface area (Å²) < 4.78 is 33.6. The van der Waals surface area contributed by atoms with Crippen LogP contribution < -0.4 is 10.1 Å². The maximum Gasteiger partial charge on any atom is 0.251 e. The zero-order valence-corrected chi connectivity index (χ0v) is 19.1. The number of aromatic hydroxyl groups is 1. The Hall–Kier alpha value is -2.58. The Morgan fingerprint density at radius 1 is 1.16 bits per heavy atom. The number of piperidine rings is 1. The minimum atomic E-state index is -3.82. The van der Waals surface area contributed by atoms with Gasteiger partial charge in [-0.3, -0.25) is 4.79 Å². The smallest absolute Gasteiger partial charge is 0.251 e. The molecular weight excluding hydrogens is 416 g/mol. The molecular formula is C23H30N2O5S. The van der Waals surface area contributed by atoms with Crippen LogP contribution in [-0.4, -0.2) is 43.9 Å². The number of sulfonamides is 1. The van der Waals surface area contributed by atoms with Crippen molar-refractivity contribution in [2.24, 2.45) is 11.8 Å². The summed E-state index contributed by atoms with van der Waals surface area (Å²) in [5, 5.41) is 12.5. The molecule has 1 amide bonds. The van der Waals surface area contributed by atoms with Crippen LogP contribution in [0.4, 0.5) is 0 Å². The van der Waals surface area contributed by atoms with Gasteiger partial charge in [0.15, 0.2) is 0 Å². The first-order valence-corrected chi connectivity index (χ1v) is 11.8. The van der Waals surface area contributed by atoms with Gasteiger partial charge in [-0.05, 0) is 61.1 Å². The number of carbonyl (C=O) groups is 1. The van der Waals surface area contributed by atoms with Crippen molar-refractivity contribution in [2.45, 2.75) is 38.1 Å². The first-order valence-electron chi connectivity index (χ1n) is 10.4. The second-order valence-electron chi connectivity index (χ2n) is 8.42. The number of rotatable bonds is 6. The summed E-state index contributed by atoms with van der Waals surface area (Å²) in [5.41, 5.74) is 0.968. The van der Waals surface area contributed by atoms with Gasteiger partial charge in [0, 0.05) is 18.7 Å². The highest BCUT2D eigenvalue weighted by Gasteiger charge is 2.34. The van der Waals surface area contributed by atoms with Crippen LogP contribution in [0.5, 0.6) is 11.5 Å². The minimum Gasteiger partial charge on any atom is -0.508 e. The molecule has 1 aliphatic heterocycles. The number of nitrogens with one attached hydrogen (secondary N) is 1. The van der Waals surface area contributed by atoms with Crippen molar-refractivity contribution < 1.29 is 23.1 Å². The van der Waals surface area contributed by atoms with Gasteiger partial charge in [0.1, 0.15) is 16.4 Å². The van der Waals surface area contributed by atoms with Crippen LogP contribution in [0.15, 0.2) is 47.4 Å². The van der Waals surface area contributed by atoms with Gasteiger partial charge in [0.25, 0.3) is 5.91 Å². The van der Waals surface area contributed by atoms with Gasteiger partial charge in [-0.2, -0.15) is 4.31 Å². The molecule has 3 unspecified atom stereocenters. The molecule has 1 saturated heterocycles. The van der Waals surface area contributed by atoms with Crippen molar-refractivity contribution in [2.75, 3.05) is 20.2 Å². The lowest BCUT2D eigenvalue weighted by Crippen LogP contribution is -2.42. The number of phenolic OH excluding ortho intramolecular Hbond substituents is 1. The third kappa shape index (κ3) is 5.19. The molecule has 7 nitrogen and oxygen atoms in total. The quantitative estimate of drug-likeness (QED) is 0.707. The SMILES string of the molecule is COc1ccc(C(=O)NC(C)c2cccc(O)c2)cc1S(=O)(=O)N1CC(C)CC(C)C1. The average Bonchev–Trinajstić information content (AvgIpc) is 2.72. The third-order valence-corrected chi connectivity index (χ3v) is 7.45. The maximum atomic E-state index is 13.4. The van der Waals surface area contributed by atoms with E-state index in [9.17, 15) is 18.3 Å². The summed E-state index contributed by atoms with van der Waals surface area (Å²) in [6.07, 6.45) is 0.985. The predicted octanol–water partition coefficient (Wildman–Crippen LogP) is 3.56. The molecule has 1 heterocycles. The van der Waals surface area contributed by atoms with Gasteiger partial charge in [0.2, 0.25) is 10.0 Å². The van der Waals surface area contributed by atoms with E-state index in [-0.39, 0.29) is 39.8 Å². The summed E-state index contributed by atoms with van der Waals surface area (Å²) in [5.74, 6) is 0.443. The lowest BCUT2D eigenvalue weighted by molar-refractivity contribution is 0.0939. The van der Waals surface area contributed by atoms with Crippen LogP contribution in [0.1, 0.15) is 49.2 Å². The topological polar surface area (TPSA) is 95.9 Å². The van der Waals surface area contributed by atoms with Crippen LogP contribution in [0.2, 0.25) is 0 Å². The fourth-order valence-corrected chi connectivity index (χ4v) is 5.98. The van der Waals surface area contributed by atoms with E-state index < -0.39 is 15.9 Å². The van der Waals surface area contributed by atoms with E-state index in [0.29, 0.717) is 13.1 Å². The fraction of sp³-hybridized carbons (Fsp3) is 0.435. The van der Waals surface area contributed by atoms with Crippen molar-refractivity contribution in [1.82, 2.24) is 9.62 Å². The van der Waals surface area contributed by atoms with E-state index in [1.165, 1.54) is 23.5 Å². The largest absolute Gasteiger partial charge is 0.508 e. The number of carbonyl (C=O) groups excluding carboxylic acids is 1. The summed E-state index contributed by atoms with van der Waals surface area (Å²) in [6, 6.07) is 10.7. The van der Waals surface area contributed by atoms with E-state index in [1.54, 1.807) is 37.3 Å². The number of phenols is 1. The van der Waals surface area contributed by atoms with Gasteiger partial charge in [-0.1, -0.05) is 26.0 Å². The van der Waals surface area contributed by atoms with Crippen molar-refractivity contribution in [1.29, 1.82) is 0 Å². The molecule has 3 atom stereocenters. The van der Waals surface area contributed by atoms with Crippen molar-refractivity contribution in [3.8, 4) is 11.5 Å². The maximum absolute atomic E-state index is 13.4. The van der Waals surface area contributed by atoms with E-state index >= 15 is 0 Å². The standard InChI is InChI=1S/C23H30N2O5S/c1-15-10-16(2)14-25(13-15)31(28,29)22-12-19(8-9-21(22)30-4)23(27)24-17(3)18-6-5-7-20(26)11-18/h5-9,11-12,15-17,26H,10,13-14H2,1-4H3,(H,24,27). The highest BCUT2D eigenvalue weighted by Crippen LogP contribution is 2.32. The summed E-state index contributed by atoms with van der Waals surface area (Å²) in [7, 11) is -2.40. The average molecular weight is 447 g/mol. The number of hydrogen-bond donors (Lipinski definition) is 2. The molecule has 0 radical (unpaired) electrons. The Morgan fingerprint density at radius 2 is 1.84 bits per heavy atom. The van der Waals surface area contributed by atoms with E-state index in [1.807, 2.05) is 13.8 Å². The van der Waals surface area contributed by atoms with E-state index in [4.69, 9.17) is 4.74 Å². The molecule has 0 saturated carbocycles. The summed E-state index contributed by atoms with van der Waals surface area (Å²) >= 11 is 0. The molecule has 1 fully saturated rings. The highest BCUT2D eigenvalue weighted by atomic mass is 32.2. The number of nitrogens with zero attached hydrogens (tertiary/aromatic N) is 1. The summed E-state index contributed by atoms with van der Waals surface area (Å²) in [6.45, 7) is 6.77. The van der Waals surface area contributed by atoms with E-state index in [0.717, 1.165) is 12.0 Å². The lowest BCUT2D eigenvalue weighted by Gasteiger charge is -2.34. The molecule has 1 aliphatic rings. The third-order valence-electron chi connectivity index (χ3n) is 5.60. The molecule has 2 aromatic rings. The molecule has 0 bridgehead atoms. The minimum absolute atomic E-state index is 0.00559. The molecule has 2 aromatic carbocycles. The monoisotopic (exact) mass is 446 g/mol. The molecule has 3 rings (SSSR count). The Bertz CT molecular complexity index is 1040. The number of hydrogen-bond acceptors (Lipinski definition) is 5. The highest BCUT2D eigenvalue weighted by molar-refractivity contribution is 7.89. The van der Waals surface area contributed by atoms with Gasteiger partial charge >= 0.3 is 0 Å². The normalized spacial score (nSPS) is 20.8. The van der Waals surface area contributed by atoms with Gasteiger partial charge < -0.3 is 15.2 Å². The molecule has 0 spiro atoms. The molecule has 0 aromatic heterocycles. The van der Waals surface area contributed by atoms with E-state index in [2.05, 4.69) is 5.32 Å². The Kier molecular flexibility index (Phi) is 6.91. The number of methoxy groups -OCH3 is 1. The van der Waals surface area contributed by atoms with Gasteiger partial charge in [0.05, 0.1) is 13.2 Å². The Morgan fingerprint density at radius 3 is 2.45 bits per heavy atom. The number of ether oxygens (including phenoxy) is 1. The zero-order valence-electron chi connectivity index (χ0n) is 18.3. The second-order valence-corrected chi connectivity index (χ2v) is 10.3. The molecule has 0 aliphatic carbocycles. The molecule has 8 heteroatoms. The first-order chi connectivity index (χ1) is 14.6. The van der Waals surface area contributed by atoms with Crippen LogP contribution >= 0.6 is 0 Å². The Labute approximate surface area is 184 Å². The van der Waals surface area contributed by atoms with Crippen LogP contribution in [0.25, 0.3) is 0 Å². The molecule has 31 heavy (non-hydrogen) atoms. The number of amides is 1. The fourth-order valence-electron chi connectivity index (χ4n) is 4.12. The van der Waals surface area contributed by atoms with Crippen LogP contribution in [0, 0.1) is 11.8 Å². The van der Waals surface area contributed by atoms with Crippen molar-refractivity contribution in [3.63, 3.8) is 0 Å². The summed E-state index contributed by atoms with van der Waals surface area (Å²) in [4.78, 5) is 12.8. The van der Waals surface area contributed by atoms with Crippen LogP contribution in [0.3, 0.4) is 0 Å². The zero-order chi connectivity index (χ0) is 22.8. The first kappa shape index (κ1) is 23.1. The van der Waals surface area contributed by atoms with Crippen LogP contribution in [-0.2, 0) is 10.0 Å². The second kappa shape index (κ2) is 9.28. The van der Waals surface area contributed by atoms with Gasteiger partial charge in [-0.15, -0.1) is 0 Å². The van der Waals surface area contributed by atoms with Crippen molar-refractivity contribution >= 4 is 15.9 Å². The lowest BCUT2D eigenvalue weighted by atomic mass is 9.94.